The van der Waals surface area contributed by atoms with Gasteiger partial charge in [-0.1, -0.05) is 11.6 Å². The summed E-state index contributed by atoms with van der Waals surface area (Å²) in [4.78, 5) is 21.4. The molecule has 0 bridgehead atoms. The minimum absolute atomic E-state index is 0.0292. The molecule has 1 aromatic rings. The van der Waals surface area contributed by atoms with E-state index < -0.39 is 0 Å². The predicted octanol–water partition coefficient (Wildman–Crippen LogP) is 1.92. The highest BCUT2D eigenvalue weighted by molar-refractivity contribution is 6.32. The van der Waals surface area contributed by atoms with Gasteiger partial charge in [0, 0.05) is 6.04 Å². The Morgan fingerprint density at radius 2 is 2.21 bits per heavy atom. The molecule has 0 saturated heterocycles. The molecule has 0 aliphatic carbocycles. The van der Waals surface area contributed by atoms with Gasteiger partial charge in [0.1, 0.15) is 11.6 Å². The zero-order valence-electron chi connectivity index (χ0n) is 11.5. The molecule has 0 spiro atoms. The number of nitrogens with zero attached hydrogens (tertiary/aromatic N) is 3. The molecule has 0 atom stereocenters. The van der Waals surface area contributed by atoms with Gasteiger partial charge in [-0.3, -0.25) is 4.79 Å². The fraction of sp³-hybridized carbons (Fsp3) is 0.583. The third-order valence-electron chi connectivity index (χ3n) is 2.39. The van der Waals surface area contributed by atoms with Crippen LogP contribution >= 0.6 is 11.6 Å². The van der Waals surface area contributed by atoms with Crippen LogP contribution in [0.4, 0.5) is 5.82 Å². The zero-order chi connectivity index (χ0) is 14.4. The molecule has 0 aliphatic rings. The van der Waals surface area contributed by atoms with Crippen molar-refractivity contribution >= 4 is 23.4 Å². The minimum Gasteiger partial charge on any atom is -0.467 e. The van der Waals surface area contributed by atoms with Crippen LogP contribution < -0.4 is 9.64 Å². The number of rotatable bonds is 6. The molecule has 0 amide bonds. The number of esters is 1. The van der Waals surface area contributed by atoms with Gasteiger partial charge < -0.3 is 14.4 Å². The highest BCUT2D eigenvalue weighted by Crippen LogP contribution is 2.25. The molecular weight excluding hydrogens is 270 g/mol. The van der Waals surface area contributed by atoms with E-state index >= 15 is 0 Å². The lowest BCUT2D eigenvalue weighted by Crippen LogP contribution is -2.37. The van der Waals surface area contributed by atoms with Crippen LogP contribution in [0, 0.1) is 0 Å². The van der Waals surface area contributed by atoms with Crippen molar-refractivity contribution in [3.05, 3.63) is 11.2 Å². The SMILES string of the molecule is CCOC(=O)CN(c1nc(OC)ncc1Cl)C(C)C. The highest BCUT2D eigenvalue weighted by Gasteiger charge is 2.20. The molecule has 0 saturated carbocycles. The van der Waals surface area contributed by atoms with E-state index in [1.807, 2.05) is 13.8 Å². The maximum Gasteiger partial charge on any atom is 0.325 e. The van der Waals surface area contributed by atoms with E-state index in [2.05, 4.69) is 9.97 Å². The molecule has 106 valence electrons. The molecular formula is C12H18ClN3O3. The zero-order valence-corrected chi connectivity index (χ0v) is 12.3. The fourth-order valence-electron chi connectivity index (χ4n) is 1.49. The van der Waals surface area contributed by atoms with E-state index in [-0.39, 0.29) is 24.6 Å². The van der Waals surface area contributed by atoms with Gasteiger partial charge in [-0.25, -0.2) is 4.98 Å². The molecule has 19 heavy (non-hydrogen) atoms. The van der Waals surface area contributed by atoms with E-state index in [0.717, 1.165) is 0 Å². The van der Waals surface area contributed by atoms with Crippen LogP contribution in [0.15, 0.2) is 6.20 Å². The van der Waals surface area contributed by atoms with Crippen LogP contribution in [0.25, 0.3) is 0 Å². The minimum atomic E-state index is -0.329. The van der Waals surface area contributed by atoms with Gasteiger partial charge in [0.15, 0.2) is 5.82 Å². The van der Waals surface area contributed by atoms with Crippen LogP contribution in [0.1, 0.15) is 20.8 Å². The summed E-state index contributed by atoms with van der Waals surface area (Å²) >= 11 is 6.08. The lowest BCUT2D eigenvalue weighted by molar-refractivity contribution is -0.141. The number of hydrogen-bond donors (Lipinski definition) is 0. The molecule has 1 heterocycles. The van der Waals surface area contributed by atoms with Gasteiger partial charge in [-0.2, -0.15) is 4.98 Å². The first-order valence-electron chi connectivity index (χ1n) is 5.98. The van der Waals surface area contributed by atoms with Crippen LogP contribution in [0.2, 0.25) is 5.02 Å². The first kappa shape index (κ1) is 15.5. The number of methoxy groups -OCH3 is 1. The van der Waals surface area contributed by atoms with Gasteiger partial charge in [0.2, 0.25) is 0 Å². The molecule has 1 aromatic heterocycles. The van der Waals surface area contributed by atoms with Crippen molar-refractivity contribution in [2.75, 3.05) is 25.2 Å². The van der Waals surface area contributed by atoms with Crippen molar-refractivity contribution in [3.63, 3.8) is 0 Å². The quantitative estimate of drug-likeness (QED) is 0.745. The van der Waals surface area contributed by atoms with Crippen molar-refractivity contribution in [2.45, 2.75) is 26.8 Å². The Labute approximate surface area is 117 Å². The Balaban J connectivity index is 3.01. The van der Waals surface area contributed by atoms with Crippen LogP contribution in [0.3, 0.4) is 0 Å². The summed E-state index contributed by atoms with van der Waals surface area (Å²) in [5, 5.41) is 0.360. The smallest absolute Gasteiger partial charge is 0.325 e. The molecule has 7 heteroatoms. The van der Waals surface area contributed by atoms with Gasteiger partial charge in [0.25, 0.3) is 0 Å². The van der Waals surface area contributed by atoms with Crippen LogP contribution in [-0.4, -0.2) is 42.2 Å². The summed E-state index contributed by atoms with van der Waals surface area (Å²) in [7, 11) is 1.47. The summed E-state index contributed by atoms with van der Waals surface area (Å²) in [6.07, 6.45) is 1.45. The first-order chi connectivity index (χ1) is 8.99. The largest absolute Gasteiger partial charge is 0.467 e. The third-order valence-corrected chi connectivity index (χ3v) is 2.65. The average molecular weight is 288 g/mol. The topological polar surface area (TPSA) is 64.5 Å². The number of aromatic nitrogens is 2. The molecule has 0 unspecified atom stereocenters. The van der Waals surface area contributed by atoms with Gasteiger partial charge >= 0.3 is 12.0 Å². The van der Waals surface area contributed by atoms with Gasteiger partial charge in [-0.15, -0.1) is 0 Å². The van der Waals surface area contributed by atoms with E-state index in [0.29, 0.717) is 17.4 Å². The van der Waals surface area contributed by atoms with Gasteiger partial charge in [0.05, 0.1) is 19.9 Å². The van der Waals surface area contributed by atoms with E-state index in [4.69, 9.17) is 21.1 Å². The van der Waals surface area contributed by atoms with E-state index in [9.17, 15) is 4.79 Å². The van der Waals surface area contributed by atoms with Crippen molar-refractivity contribution in [2.24, 2.45) is 0 Å². The summed E-state index contributed by atoms with van der Waals surface area (Å²) < 4.78 is 9.91. The van der Waals surface area contributed by atoms with E-state index in [1.165, 1.54) is 13.3 Å². The first-order valence-corrected chi connectivity index (χ1v) is 6.36. The fourth-order valence-corrected chi connectivity index (χ4v) is 1.69. The summed E-state index contributed by atoms with van der Waals surface area (Å²) in [6, 6.07) is 0.232. The number of hydrogen-bond acceptors (Lipinski definition) is 6. The number of carbonyl (C=O) groups excluding carboxylic acids is 1. The van der Waals surface area contributed by atoms with Crippen LogP contribution in [-0.2, 0) is 9.53 Å². The summed E-state index contributed by atoms with van der Waals surface area (Å²) in [5.41, 5.74) is 0. The molecule has 0 aromatic carbocycles. The van der Waals surface area contributed by atoms with Crippen LogP contribution in [0.5, 0.6) is 6.01 Å². The van der Waals surface area contributed by atoms with Gasteiger partial charge in [-0.05, 0) is 20.8 Å². The Bertz CT molecular complexity index is 440. The predicted molar refractivity (Wildman–Crippen MR) is 72.7 cm³/mol. The monoisotopic (exact) mass is 287 g/mol. The maximum absolute atomic E-state index is 11.6. The third kappa shape index (κ3) is 4.24. The highest BCUT2D eigenvalue weighted by atomic mass is 35.5. The Morgan fingerprint density at radius 3 is 2.74 bits per heavy atom. The average Bonchev–Trinajstić information content (AvgIpc) is 2.37. The maximum atomic E-state index is 11.6. The Morgan fingerprint density at radius 1 is 1.53 bits per heavy atom. The second-order valence-electron chi connectivity index (χ2n) is 4.05. The molecule has 0 N–H and O–H groups in total. The number of carbonyl (C=O) groups is 1. The molecule has 6 nitrogen and oxygen atoms in total. The standard InChI is InChI=1S/C12H18ClN3O3/c1-5-19-10(17)7-16(8(2)3)11-9(13)6-14-12(15-11)18-4/h6,8H,5,7H2,1-4H3. The van der Waals surface area contributed by atoms with Crippen molar-refractivity contribution in [1.29, 1.82) is 0 Å². The summed E-state index contributed by atoms with van der Waals surface area (Å²) in [6.45, 7) is 6.05. The van der Waals surface area contributed by atoms with Crippen molar-refractivity contribution in [1.82, 2.24) is 9.97 Å². The second-order valence-corrected chi connectivity index (χ2v) is 4.46. The molecule has 1 rings (SSSR count). The normalized spacial score (nSPS) is 10.4. The van der Waals surface area contributed by atoms with Crippen molar-refractivity contribution in [3.8, 4) is 6.01 Å². The molecule has 0 radical (unpaired) electrons. The molecule has 0 fully saturated rings. The second kappa shape index (κ2) is 7.13. The van der Waals surface area contributed by atoms with E-state index in [1.54, 1.807) is 11.8 Å². The lowest BCUT2D eigenvalue weighted by Gasteiger charge is -2.27. The number of anilines is 1. The Kier molecular flexibility index (Phi) is 5.82. The van der Waals surface area contributed by atoms with Crippen molar-refractivity contribution < 1.29 is 14.3 Å². The lowest BCUT2D eigenvalue weighted by atomic mass is 10.3. The molecule has 0 aliphatic heterocycles. The Hall–Kier alpha value is -1.56. The summed E-state index contributed by atoms with van der Waals surface area (Å²) in [5.74, 6) is 0.126. The number of ether oxygens (including phenoxy) is 2. The number of halogens is 1.